The molecule has 0 fully saturated rings. The molecule has 27 heavy (non-hydrogen) atoms. The summed E-state index contributed by atoms with van der Waals surface area (Å²) >= 11 is 0. The Labute approximate surface area is 169 Å². The molecule has 0 unspecified atom stereocenters. The van der Waals surface area contributed by atoms with Gasteiger partial charge in [-0.2, -0.15) is 0 Å². The number of amidine groups is 2. The Hall–Kier alpha value is -2.50. The number of nitrogens with one attached hydrogen (secondary N) is 2. The molecular weight excluding hydrogens is 383 g/mol. The first-order chi connectivity index (χ1) is 12.4. The molecule has 1 aromatic heterocycles. The first-order valence-corrected chi connectivity index (χ1v) is 8.58. The van der Waals surface area contributed by atoms with Crippen molar-refractivity contribution in [1.82, 2.24) is 10.6 Å². The maximum atomic E-state index is 6.07. The van der Waals surface area contributed by atoms with E-state index in [1.807, 2.05) is 12.1 Å². The highest BCUT2D eigenvalue weighted by atomic mass is 35.5. The van der Waals surface area contributed by atoms with Gasteiger partial charge in [0.05, 0.1) is 13.1 Å². The molecule has 0 saturated carbocycles. The predicted molar refractivity (Wildman–Crippen MR) is 115 cm³/mol. The van der Waals surface area contributed by atoms with Crippen LogP contribution in [0, 0.1) is 0 Å². The molecule has 2 aliphatic rings. The molecule has 2 aromatic carbocycles. The maximum absolute atomic E-state index is 6.07. The fourth-order valence-electron chi connectivity index (χ4n) is 3.34. The third-order valence-corrected chi connectivity index (χ3v) is 4.56. The van der Waals surface area contributed by atoms with E-state index >= 15 is 0 Å². The number of furan rings is 1. The molecular formula is C20H20Cl2N4O. The number of halogens is 2. The van der Waals surface area contributed by atoms with Crippen molar-refractivity contribution < 1.29 is 4.42 Å². The second-order valence-corrected chi connectivity index (χ2v) is 6.26. The average Bonchev–Trinajstić information content (AvgIpc) is 3.42. The van der Waals surface area contributed by atoms with E-state index in [-0.39, 0.29) is 24.8 Å². The Bertz CT molecular complexity index is 1030. The van der Waals surface area contributed by atoms with Gasteiger partial charge in [0.15, 0.2) is 0 Å². The summed E-state index contributed by atoms with van der Waals surface area (Å²) < 4.78 is 6.07. The summed E-state index contributed by atoms with van der Waals surface area (Å²) in [5.74, 6) is 2.80. The van der Waals surface area contributed by atoms with Gasteiger partial charge in [0.2, 0.25) is 0 Å². The van der Waals surface area contributed by atoms with Crippen molar-refractivity contribution in [1.29, 1.82) is 0 Å². The highest BCUT2D eigenvalue weighted by molar-refractivity contribution is 6.03. The third kappa shape index (κ3) is 3.66. The summed E-state index contributed by atoms with van der Waals surface area (Å²) in [6.45, 7) is 3.50. The molecule has 2 aliphatic heterocycles. The minimum Gasteiger partial charge on any atom is -0.456 e. The predicted octanol–water partition coefficient (Wildman–Crippen LogP) is 3.64. The molecule has 3 aromatic rings. The van der Waals surface area contributed by atoms with Gasteiger partial charge in [-0.15, -0.1) is 24.8 Å². The van der Waals surface area contributed by atoms with Crippen molar-refractivity contribution in [2.24, 2.45) is 9.98 Å². The van der Waals surface area contributed by atoms with E-state index in [0.717, 1.165) is 71.3 Å². The molecule has 0 amide bonds. The topological polar surface area (TPSA) is 61.9 Å². The Morgan fingerprint density at radius 1 is 0.741 bits per heavy atom. The number of hydrogen-bond donors (Lipinski definition) is 2. The molecule has 0 saturated heterocycles. The van der Waals surface area contributed by atoms with Crippen LogP contribution in [0.5, 0.6) is 0 Å². The zero-order valence-electron chi connectivity index (χ0n) is 14.6. The van der Waals surface area contributed by atoms with Gasteiger partial charge in [0.25, 0.3) is 0 Å². The van der Waals surface area contributed by atoms with Crippen molar-refractivity contribution in [3.05, 3.63) is 59.7 Å². The zero-order chi connectivity index (χ0) is 16.6. The summed E-state index contributed by atoms with van der Waals surface area (Å²) in [7, 11) is 0. The van der Waals surface area contributed by atoms with Crippen molar-refractivity contribution in [2.45, 2.75) is 0 Å². The van der Waals surface area contributed by atoms with Crippen molar-refractivity contribution in [2.75, 3.05) is 26.2 Å². The van der Waals surface area contributed by atoms with Crippen LogP contribution in [0.1, 0.15) is 11.1 Å². The molecule has 0 spiro atoms. The molecule has 3 heterocycles. The Morgan fingerprint density at radius 2 is 1.41 bits per heavy atom. The van der Waals surface area contributed by atoms with Gasteiger partial charge in [-0.3, -0.25) is 9.98 Å². The number of aliphatic imine (C=N–C) groups is 2. The van der Waals surface area contributed by atoms with Gasteiger partial charge in [-0.05, 0) is 30.3 Å². The van der Waals surface area contributed by atoms with Gasteiger partial charge in [-0.25, -0.2) is 0 Å². The van der Waals surface area contributed by atoms with Crippen molar-refractivity contribution in [3.8, 4) is 11.3 Å². The van der Waals surface area contributed by atoms with Crippen molar-refractivity contribution in [3.63, 3.8) is 0 Å². The fourth-order valence-corrected chi connectivity index (χ4v) is 3.34. The van der Waals surface area contributed by atoms with Gasteiger partial charge in [0.1, 0.15) is 23.0 Å². The highest BCUT2D eigenvalue weighted by Crippen LogP contribution is 2.29. The number of benzene rings is 2. The summed E-state index contributed by atoms with van der Waals surface area (Å²) in [5.41, 5.74) is 4.15. The van der Waals surface area contributed by atoms with Crippen LogP contribution >= 0.6 is 24.8 Å². The Kier molecular flexibility index (Phi) is 5.73. The van der Waals surface area contributed by atoms with E-state index < -0.39 is 0 Å². The van der Waals surface area contributed by atoms with E-state index in [2.05, 4.69) is 57.0 Å². The van der Waals surface area contributed by atoms with Crippen LogP contribution in [-0.2, 0) is 0 Å². The highest BCUT2D eigenvalue weighted by Gasteiger charge is 2.13. The zero-order valence-corrected chi connectivity index (χ0v) is 16.2. The van der Waals surface area contributed by atoms with E-state index in [9.17, 15) is 0 Å². The number of nitrogens with zero attached hydrogens (tertiary/aromatic N) is 2. The molecule has 0 bridgehead atoms. The number of fused-ring (bicyclic) bond motifs is 1. The summed E-state index contributed by atoms with van der Waals surface area (Å²) in [6, 6.07) is 16.6. The first kappa shape index (κ1) is 19.3. The number of hydrogen-bond acceptors (Lipinski definition) is 5. The van der Waals surface area contributed by atoms with E-state index in [0.29, 0.717) is 0 Å². The fraction of sp³-hybridized carbons (Fsp3) is 0.200. The van der Waals surface area contributed by atoms with Crippen LogP contribution in [0.3, 0.4) is 0 Å². The van der Waals surface area contributed by atoms with E-state index in [4.69, 9.17) is 4.42 Å². The van der Waals surface area contributed by atoms with Crippen molar-refractivity contribution >= 4 is 47.5 Å². The Balaban J connectivity index is 0.00000105. The lowest BCUT2D eigenvalue weighted by Crippen LogP contribution is -2.19. The van der Waals surface area contributed by atoms with Gasteiger partial charge < -0.3 is 15.1 Å². The molecule has 5 rings (SSSR count). The summed E-state index contributed by atoms with van der Waals surface area (Å²) in [4.78, 5) is 8.98. The molecule has 5 nitrogen and oxygen atoms in total. The van der Waals surface area contributed by atoms with Crippen LogP contribution in [0.4, 0.5) is 0 Å². The van der Waals surface area contributed by atoms with Gasteiger partial charge in [-0.1, -0.05) is 18.2 Å². The van der Waals surface area contributed by atoms with Crippen LogP contribution in [0.2, 0.25) is 0 Å². The molecule has 140 valence electrons. The van der Waals surface area contributed by atoms with Gasteiger partial charge >= 0.3 is 0 Å². The van der Waals surface area contributed by atoms with E-state index in [1.165, 1.54) is 0 Å². The largest absolute Gasteiger partial charge is 0.456 e. The van der Waals surface area contributed by atoms with Crippen LogP contribution in [-0.4, -0.2) is 37.9 Å². The standard InChI is InChI=1S/C20H18N4O.2ClH/c1-2-13(10-14(3-1)19-21-6-7-22-19)18-12-16-11-15(4-5-17(16)25-18)20-23-8-9-24-20;;/h1-5,10-12H,6-9H2,(H,21,22)(H,23,24);2*1H. The van der Waals surface area contributed by atoms with Crippen LogP contribution in [0.15, 0.2) is 62.9 Å². The lowest BCUT2D eigenvalue weighted by Gasteiger charge is -2.04. The maximum Gasteiger partial charge on any atom is 0.135 e. The lowest BCUT2D eigenvalue weighted by molar-refractivity contribution is 0.631. The third-order valence-electron chi connectivity index (χ3n) is 4.56. The summed E-state index contributed by atoms with van der Waals surface area (Å²) in [5, 5.41) is 7.72. The molecule has 0 atom stereocenters. The normalized spacial score (nSPS) is 15.3. The van der Waals surface area contributed by atoms with Crippen LogP contribution in [0.25, 0.3) is 22.3 Å². The second-order valence-electron chi connectivity index (χ2n) is 6.26. The molecule has 7 heteroatoms. The van der Waals surface area contributed by atoms with Crippen LogP contribution < -0.4 is 10.6 Å². The first-order valence-electron chi connectivity index (χ1n) is 8.58. The average molecular weight is 403 g/mol. The molecule has 0 radical (unpaired) electrons. The minimum atomic E-state index is 0. The quantitative estimate of drug-likeness (QED) is 0.702. The molecule has 2 N–H and O–H groups in total. The SMILES string of the molecule is Cl.Cl.c1cc(C2=NCCN2)cc(-c2cc3cc(C4=NCCN4)ccc3o2)c1. The lowest BCUT2D eigenvalue weighted by atomic mass is 10.1. The Morgan fingerprint density at radius 3 is 2.07 bits per heavy atom. The minimum absolute atomic E-state index is 0. The second kappa shape index (κ2) is 8.03. The smallest absolute Gasteiger partial charge is 0.135 e. The molecule has 0 aliphatic carbocycles. The number of rotatable bonds is 3. The summed E-state index contributed by atoms with van der Waals surface area (Å²) in [6.07, 6.45) is 0. The monoisotopic (exact) mass is 402 g/mol. The van der Waals surface area contributed by atoms with Gasteiger partial charge in [0, 0.05) is 35.2 Å². The van der Waals surface area contributed by atoms with E-state index in [1.54, 1.807) is 0 Å².